The molecule has 0 aliphatic carbocycles. The molecule has 0 radical (unpaired) electrons. The Morgan fingerprint density at radius 2 is 1.95 bits per heavy atom. The van der Waals surface area contributed by atoms with Crippen LogP contribution in [0.15, 0.2) is 29.3 Å². The molecule has 0 atom stereocenters. The molecule has 0 aliphatic heterocycles. The van der Waals surface area contributed by atoms with E-state index >= 15 is 0 Å². The van der Waals surface area contributed by atoms with Gasteiger partial charge in [0.25, 0.3) is 0 Å². The van der Waals surface area contributed by atoms with Crippen LogP contribution in [0.1, 0.15) is 25.0 Å². The van der Waals surface area contributed by atoms with Gasteiger partial charge in [0.1, 0.15) is 0 Å². The molecule has 0 unspecified atom stereocenters. The molecule has 0 amide bonds. The molecular formula is C16H24IN3O. The maximum atomic E-state index is 5.47. The van der Waals surface area contributed by atoms with E-state index in [0.29, 0.717) is 26.3 Å². The molecule has 21 heavy (non-hydrogen) atoms. The number of ether oxygens (including phenoxy) is 1. The van der Waals surface area contributed by atoms with Crippen molar-refractivity contribution in [1.82, 2.24) is 10.6 Å². The quantitative estimate of drug-likeness (QED) is 0.320. The molecule has 2 N–H and O–H groups in total. The molecule has 0 aliphatic rings. The molecule has 1 aromatic carbocycles. The molecule has 1 aromatic rings. The zero-order valence-electron chi connectivity index (χ0n) is 12.7. The third-order valence-electron chi connectivity index (χ3n) is 2.69. The number of nitrogens with zero attached hydrogens (tertiary/aromatic N) is 1. The summed E-state index contributed by atoms with van der Waals surface area (Å²) in [6, 6.07) is 8.18. The second-order valence-electron chi connectivity index (χ2n) is 4.16. The maximum absolute atomic E-state index is 5.47. The molecule has 0 saturated heterocycles. The fraction of sp³-hybridized carbons (Fsp3) is 0.438. The van der Waals surface area contributed by atoms with Crippen LogP contribution in [0.5, 0.6) is 0 Å². The Hall–Kier alpha value is -1.26. The van der Waals surface area contributed by atoms with Gasteiger partial charge in [-0.1, -0.05) is 30.2 Å². The number of guanidine groups is 1. The molecular weight excluding hydrogens is 377 g/mol. The van der Waals surface area contributed by atoms with Gasteiger partial charge in [0, 0.05) is 13.2 Å². The van der Waals surface area contributed by atoms with E-state index in [1.54, 1.807) is 0 Å². The Morgan fingerprint density at radius 1 is 1.24 bits per heavy atom. The van der Waals surface area contributed by atoms with Crippen LogP contribution in [0.25, 0.3) is 0 Å². The first-order chi connectivity index (χ1) is 9.81. The molecule has 4 nitrogen and oxygen atoms in total. The Morgan fingerprint density at radius 3 is 2.57 bits per heavy atom. The lowest BCUT2D eigenvalue weighted by Crippen LogP contribution is -2.37. The predicted octanol–water partition coefficient (Wildman–Crippen LogP) is 2.53. The summed E-state index contributed by atoms with van der Waals surface area (Å²) in [5, 5.41) is 6.24. The van der Waals surface area contributed by atoms with Crippen LogP contribution in [0.2, 0.25) is 0 Å². The average molecular weight is 401 g/mol. The van der Waals surface area contributed by atoms with Crippen LogP contribution in [-0.4, -0.2) is 25.7 Å². The fourth-order valence-corrected chi connectivity index (χ4v) is 1.71. The van der Waals surface area contributed by atoms with E-state index in [2.05, 4.69) is 33.7 Å². The zero-order chi connectivity index (χ0) is 14.6. The Balaban J connectivity index is 0.00000400. The summed E-state index contributed by atoms with van der Waals surface area (Å²) in [5.74, 6) is 3.28. The highest BCUT2D eigenvalue weighted by Gasteiger charge is 2.02. The van der Waals surface area contributed by atoms with E-state index in [-0.39, 0.29) is 24.0 Å². The third kappa shape index (κ3) is 7.93. The Bertz CT molecular complexity index is 469. The number of nitrogens with one attached hydrogen (secondary N) is 2. The minimum Gasteiger partial charge on any atom is -0.377 e. The van der Waals surface area contributed by atoms with Gasteiger partial charge < -0.3 is 15.4 Å². The second kappa shape index (κ2) is 12.5. The van der Waals surface area contributed by atoms with Crippen LogP contribution >= 0.6 is 24.0 Å². The zero-order valence-corrected chi connectivity index (χ0v) is 15.0. The first kappa shape index (κ1) is 19.7. The fourth-order valence-electron chi connectivity index (χ4n) is 1.71. The van der Waals surface area contributed by atoms with E-state index in [1.807, 2.05) is 26.0 Å². The van der Waals surface area contributed by atoms with Crippen molar-refractivity contribution in [1.29, 1.82) is 0 Å². The number of benzene rings is 1. The summed E-state index contributed by atoms with van der Waals surface area (Å²) >= 11 is 0. The van der Waals surface area contributed by atoms with E-state index < -0.39 is 0 Å². The molecule has 0 heterocycles. The van der Waals surface area contributed by atoms with Crippen LogP contribution < -0.4 is 10.6 Å². The topological polar surface area (TPSA) is 45.7 Å². The number of aliphatic imine (C=N–C) groups is 1. The van der Waals surface area contributed by atoms with Crippen LogP contribution in [-0.2, 0) is 17.9 Å². The van der Waals surface area contributed by atoms with Crippen molar-refractivity contribution in [3.63, 3.8) is 0 Å². The van der Waals surface area contributed by atoms with Crippen molar-refractivity contribution >= 4 is 29.9 Å². The van der Waals surface area contributed by atoms with E-state index in [9.17, 15) is 0 Å². The van der Waals surface area contributed by atoms with Crippen LogP contribution in [0.3, 0.4) is 0 Å². The summed E-state index contributed by atoms with van der Waals surface area (Å²) in [6.45, 7) is 7.22. The van der Waals surface area contributed by atoms with Gasteiger partial charge in [-0.25, -0.2) is 4.99 Å². The van der Waals surface area contributed by atoms with Crippen molar-refractivity contribution in [3.8, 4) is 12.3 Å². The Labute approximate surface area is 144 Å². The smallest absolute Gasteiger partial charge is 0.192 e. The van der Waals surface area contributed by atoms with Crippen molar-refractivity contribution in [2.75, 3.05) is 19.7 Å². The number of hydrogen-bond acceptors (Lipinski definition) is 2. The summed E-state index contributed by atoms with van der Waals surface area (Å²) < 4.78 is 5.47. The highest BCUT2D eigenvalue weighted by molar-refractivity contribution is 14.0. The number of halogens is 1. The van der Waals surface area contributed by atoms with E-state index in [4.69, 9.17) is 11.2 Å². The molecule has 0 aromatic heterocycles. The summed E-state index contributed by atoms with van der Waals surface area (Å²) in [7, 11) is 0. The van der Waals surface area contributed by atoms with Crippen molar-refractivity contribution < 1.29 is 4.74 Å². The largest absolute Gasteiger partial charge is 0.377 e. The lowest BCUT2D eigenvalue weighted by molar-refractivity contribution is 0.133. The summed E-state index contributed by atoms with van der Waals surface area (Å²) in [5.41, 5.74) is 2.34. The maximum Gasteiger partial charge on any atom is 0.192 e. The molecule has 0 spiro atoms. The number of rotatable bonds is 7. The van der Waals surface area contributed by atoms with Crippen LogP contribution in [0.4, 0.5) is 0 Å². The molecule has 0 bridgehead atoms. The van der Waals surface area contributed by atoms with Gasteiger partial charge in [-0.15, -0.1) is 30.4 Å². The Kier molecular flexibility index (Phi) is 11.7. The monoisotopic (exact) mass is 401 g/mol. The standard InChI is InChI=1S/C16H23N3O.HI/c1-4-11-18-16(17-5-2)19-12-14-9-7-8-10-15(14)13-20-6-3;/h1,7-10H,5-6,11-13H2,2-3H3,(H2,17,18,19);1H. The first-order valence-corrected chi connectivity index (χ1v) is 6.92. The van der Waals surface area contributed by atoms with Gasteiger partial charge in [-0.05, 0) is 25.0 Å². The van der Waals surface area contributed by atoms with Gasteiger partial charge in [0.15, 0.2) is 5.96 Å². The van der Waals surface area contributed by atoms with E-state index in [0.717, 1.165) is 12.5 Å². The summed E-state index contributed by atoms with van der Waals surface area (Å²) in [6.07, 6.45) is 5.25. The third-order valence-corrected chi connectivity index (χ3v) is 2.69. The van der Waals surface area contributed by atoms with Gasteiger partial charge >= 0.3 is 0 Å². The minimum atomic E-state index is 0. The normalized spacial score (nSPS) is 10.4. The van der Waals surface area contributed by atoms with Crippen molar-refractivity contribution in [3.05, 3.63) is 35.4 Å². The lowest BCUT2D eigenvalue weighted by atomic mass is 10.1. The SMILES string of the molecule is C#CCNC(=NCc1ccccc1COCC)NCC.I. The lowest BCUT2D eigenvalue weighted by Gasteiger charge is -2.11. The van der Waals surface area contributed by atoms with Gasteiger partial charge in [-0.3, -0.25) is 0 Å². The van der Waals surface area contributed by atoms with Crippen LogP contribution in [0, 0.1) is 12.3 Å². The van der Waals surface area contributed by atoms with E-state index in [1.165, 1.54) is 11.1 Å². The second-order valence-corrected chi connectivity index (χ2v) is 4.16. The van der Waals surface area contributed by atoms with Crippen molar-refractivity contribution in [2.45, 2.75) is 27.0 Å². The highest BCUT2D eigenvalue weighted by atomic mass is 127. The predicted molar refractivity (Wildman–Crippen MR) is 98.8 cm³/mol. The minimum absolute atomic E-state index is 0. The molecule has 116 valence electrons. The molecule has 0 fully saturated rings. The van der Waals surface area contributed by atoms with Gasteiger partial charge in [0.2, 0.25) is 0 Å². The highest BCUT2D eigenvalue weighted by Crippen LogP contribution is 2.11. The van der Waals surface area contributed by atoms with Crippen molar-refractivity contribution in [2.24, 2.45) is 4.99 Å². The molecule has 5 heteroatoms. The first-order valence-electron chi connectivity index (χ1n) is 6.92. The number of terminal acetylenes is 1. The van der Waals surface area contributed by atoms with Gasteiger partial charge in [-0.2, -0.15) is 0 Å². The molecule has 0 saturated carbocycles. The van der Waals surface area contributed by atoms with Gasteiger partial charge in [0.05, 0.1) is 19.7 Å². The molecule has 1 rings (SSSR count). The summed E-state index contributed by atoms with van der Waals surface area (Å²) in [4.78, 5) is 4.53. The average Bonchev–Trinajstić information content (AvgIpc) is 2.48. The number of hydrogen-bond donors (Lipinski definition) is 2.